The Labute approximate surface area is 172 Å². The number of likely N-dealkylation sites (tertiary alicyclic amines) is 1. The molecule has 4 rings (SSSR count). The van der Waals surface area contributed by atoms with Crippen LogP contribution >= 0.6 is 0 Å². The number of piperidine rings is 1. The summed E-state index contributed by atoms with van der Waals surface area (Å²) in [6, 6.07) is 3.72. The predicted octanol–water partition coefficient (Wildman–Crippen LogP) is 1.09. The molecule has 1 aromatic rings. The summed E-state index contributed by atoms with van der Waals surface area (Å²) in [6.07, 6.45) is 8.72. The second-order valence-corrected chi connectivity index (χ2v) is 8.76. The molecule has 1 atom stereocenters. The van der Waals surface area contributed by atoms with Crippen LogP contribution < -0.4 is 5.32 Å². The fourth-order valence-electron chi connectivity index (χ4n) is 4.29. The number of morpholine rings is 1. The van der Waals surface area contributed by atoms with Crippen molar-refractivity contribution in [2.45, 2.75) is 38.2 Å². The highest BCUT2D eigenvalue weighted by Gasteiger charge is 2.31. The van der Waals surface area contributed by atoms with Crippen LogP contribution in [0.3, 0.4) is 0 Å². The Morgan fingerprint density at radius 2 is 1.97 bits per heavy atom. The smallest absolute Gasteiger partial charge is 0.248 e. The lowest BCUT2D eigenvalue weighted by Crippen LogP contribution is -2.52. The summed E-state index contributed by atoms with van der Waals surface area (Å²) in [6.45, 7) is 5.52. The van der Waals surface area contributed by atoms with E-state index in [4.69, 9.17) is 4.74 Å². The molecule has 1 aliphatic carbocycles. The van der Waals surface area contributed by atoms with Crippen LogP contribution in [0.2, 0.25) is 0 Å². The van der Waals surface area contributed by atoms with Gasteiger partial charge in [-0.05, 0) is 62.2 Å². The first-order chi connectivity index (χ1) is 14.2. The van der Waals surface area contributed by atoms with Gasteiger partial charge in [0.25, 0.3) is 0 Å². The van der Waals surface area contributed by atoms with E-state index in [0.717, 1.165) is 31.1 Å². The maximum absolute atomic E-state index is 12.3. The fourth-order valence-corrected chi connectivity index (χ4v) is 4.29. The molecule has 1 saturated carbocycles. The molecule has 1 N–H and O–H groups in total. The van der Waals surface area contributed by atoms with Gasteiger partial charge >= 0.3 is 0 Å². The number of carbonyl (C=O) groups is 2. The second kappa shape index (κ2) is 9.67. The zero-order chi connectivity index (χ0) is 20.1. The van der Waals surface area contributed by atoms with Crippen LogP contribution in [-0.4, -0.2) is 78.6 Å². The van der Waals surface area contributed by atoms with Gasteiger partial charge in [-0.15, -0.1) is 0 Å². The van der Waals surface area contributed by atoms with E-state index in [-0.39, 0.29) is 24.5 Å². The standard InChI is InChI=1S/C22H32N4O3/c27-21(10-19-2-1-7-23-11-19)24-12-20-15-26(22(28)16-29-20)14-18-5-8-25(9-6-18)13-17-3-4-17/h1-2,7,11,17-18,20H,3-6,8-10,12-16H2,(H,24,27)/t20-/m1/s1. The molecular weight excluding hydrogens is 368 g/mol. The number of aromatic nitrogens is 1. The Morgan fingerprint density at radius 3 is 2.69 bits per heavy atom. The summed E-state index contributed by atoms with van der Waals surface area (Å²) in [5.41, 5.74) is 0.888. The molecule has 2 amide bonds. The van der Waals surface area contributed by atoms with E-state index >= 15 is 0 Å². The molecule has 158 valence electrons. The molecule has 3 heterocycles. The summed E-state index contributed by atoms with van der Waals surface area (Å²) < 4.78 is 5.65. The molecule has 3 fully saturated rings. The third kappa shape index (κ3) is 6.24. The first kappa shape index (κ1) is 20.3. The predicted molar refractivity (Wildman–Crippen MR) is 109 cm³/mol. The lowest BCUT2D eigenvalue weighted by Gasteiger charge is -2.38. The first-order valence-corrected chi connectivity index (χ1v) is 10.9. The van der Waals surface area contributed by atoms with Crippen LogP contribution in [0.25, 0.3) is 0 Å². The van der Waals surface area contributed by atoms with Gasteiger partial charge in [0.15, 0.2) is 0 Å². The number of hydrogen-bond acceptors (Lipinski definition) is 5. The Morgan fingerprint density at radius 1 is 1.17 bits per heavy atom. The Kier molecular flexibility index (Phi) is 6.77. The van der Waals surface area contributed by atoms with E-state index in [9.17, 15) is 9.59 Å². The monoisotopic (exact) mass is 400 g/mol. The van der Waals surface area contributed by atoms with Gasteiger partial charge in [-0.25, -0.2) is 0 Å². The van der Waals surface area contributed by atoms with Gasteiger partial charge in [0.05, 0.1) is 12.5 Å². The average molecular weight is 401 g/mol. The van der Waals surface area contributed by atoms with Crippen LogP contribution in [0.15, 0.2) is 24.5 Å². The highest BCUT2D eigenvalue weighted by molar-refractivity contribution is 5.79. The van der Waals surface area contributed by atoms with Crippen LogP contribution in [0.5, 0.6) is 0 Å². The van der Waals surface area contributed by atoms with Gasteiger partial charge in [-0.3, -0.25) is 14.6 Å². The van der Waals surface area contributed by atoms with Gasteiger partial charge in [0, 0.05) is 38.6 Å². The third-order valence-electron chi connectivity index (χ3n) is 6.23. The van der Waals surface area contributed by atoms with Crippen molar-refractivity contribution in [2.75, 3.05) is 45.9 Å². The maximum Gasteiger partial charge on any atom is 0.248 e. The minimum atomic E-state index is -0.138. The van der Waals surface area contributed by atoms with E-state index in [2.05, 4.69) is 15.2 Å². The fraction of sp³-hybridized carbons (Fsp3) is 0.682. The second-order valence-electron chi connectivity index (χ2n) is 8.76. The van der Waals surface area contributed by atoms with Gasteiger partial charge in [-0.1, -0.05) is 6.07 Å². The molecule has 29 heavy (non-hydrogen) atoms. The minimum Gasteiger partial charge on any atom is -0.365 e. The molecule has 0 unspecified atom stereocenters. The average Bonchev–Trinajstić information content (AvgIpc) is 3.55. The highest BCUT2D eigenvalue weighted by atomic mass is 16.5. The van der Waals surface area contributed by atoms with Crippen molar-refractivity contribution in [3.05, 3.63) is 30.1 Å². The molecule has 2 saturated heterocycles. The number of rotatable bonds is 8. The zero-order valence-electron chi connectivity index (χ0n) is 17.1. The zero-order valence-corrected chi connectivity index (χ0v) is 17.1. The molecule has 0 radical (unpaired) electrons. The number of carbonyl (C=O) groups excluding carboxylic acids is 2. The van der Waals surface area contributed by atoms with Gasteiger partial charge < -0.3 is 19.9 Å². The van der Waals surface area contributed by atoms with Crippen molar-refractivity contribution in [2.24, 2.45) is 11.8 Å². The molecule has 2 aliphatic heterocycles. The molecule has 1 aromatic heterocycles. The maximum atomic E-state index is 12.3. The molecule has 0 bridgehead atoms. The Bertz CT molecular complexity index is 687. The summed E-state index contributed by atoms with van der Waals surface area (Å²) in [5, 5.41) is 2.93. The summed E-state index contributed by atoms with van der Waals surface area (Å²) in [5.74, 6) is 1.55. The molecule has 3 aliphatic rings. The minimum absolute atomic E-state index is 0.0481. The van der Waals surface area contributed by atoms with Crippen LogP contribution in [0, 0.1) is 11.8 Å². The van der Waals surface area contributed by atoms with Gasteiger partial charge in [-0.2, -0.15) is 0 Å². The largest absolute Gasteiger partial charge is 0.365 e. The van der Waals surface area contributed by atoms with Crippen molar-refractivity contribution in [3.63, 3.8) is 0 Å². The summed E-state index contributed by atoms with van der Waals surface area (Å²) >= 11 is 0. The number of pyridine rings is 1. The quantitative estimate of drug-likeness (QED) is 0.707. The molecule has 0 aromatic carbocycles. The normalized spacial score (nSPS) is 23.9. The number of hydrogen-bond donors (Lipinski definition) is 1. The first-order valence-electron chi connectivity index (χ1n) is 10.9. The van der Waals surface area contributed by atoms with Crippen molar-refractivity contribution in [3.8, 4) is 0 Å². The highest BCUT2D eigenvalue weighted by Crippen LogP contribution is 2.31. The number of nitrogens with one attached hydrogen (secondary N) is 1. The van der Waals surface area contributed by atoms with E-state index in [1.807, 2.05) is 17.0 Å². The van der Waals surface area contributed by atoms with Crippen molar-refractivity contribution < 1.29 is 14.3 Å². The molecular formula is C22H32N4O3. The number of ether oxygens (including phenoxy) is 1. The summed E-state index contributed by atoms with van der Waals surface area (Å²) in [4.78, 5) is 33.0. The van der Waals surface area contributed by atoms with Crippen molar-refractivity contribution >= 4 is 11.8 Å². The van der Waals surface area contributed by atoms with Crippen molar-refractivity contribution in [1.82, 2.24) is 20.1 Å². The van der Waals surface area contributed by atoms with Gasteiger partial charge in [0.2, 0.25) is 11.8 Å². The Balaban J connectivity index is 1.18. The molecule has 7 heteroatoms. The van der Waals surface area contributed by atoms with Crippen LogP contribution in [0.1, 0.15) is 31.2 Å². The third-order valence-corrected chi connectivity index (χ3v) is 6.23. The molecule has 0 spiro atoms. The van der Waals surface area contributed by atoms with E-state index in [0.29, 0.717) is 25.4 Å². The van der Waals surface area contributed by atoms with Crippen molar-refractivity contribution in [1.29, 1.82) is 0 Å². The van der Waals surface area contributed by atoms with Crippen LogP contribution in [0.4, 0.5) is 0 Å². The van der Waals surface area contributed by atoms with E-state index in [1.54, 1.807) is 12.4 Å². The Hall–Kier alpha value is -1.99. The lowest BCUT2D eigenvalue weighted by atomic mass is 9.95. The summed E-state index contributed by atoms with van der Waals surface area (Å²) in [7, 11) is 0. The lowest BCUT2D eigenvalue weighted by molar-refractivity contribution is -0.150. The van der Waals surface area contributed by atoms with Gasteiger partial charge in [0.1, 0.15) is 6.61 Å². The topological polar surface area (TPSA) is 74.8 Å². The van der Waals surface area contributed by atoms with Crippen LogP contribution in [-0.2, 0) is 20.7 Å². The number of amides is 2. The number of nitrogens with zero attached hydrogens (tertiary/aromatic N) is 3. The van der Waals surface area contributed by atoms with E-state index in [1.165, 1.54) is 32.2 Å². The van der Waals surface area contributed by atoms with E-state index < -0.39 is 0 Å². The SMILES string of the molecule is O=C(Cc1cccnc1)NC[C@@H]1CN(CC2CCN(CC3CC3)CC2)C(=O)CO1. The molecule has 7 nitrogen and oxygen atoms in total.